The molecule has 1 heterocycles. The molecular formula is C11H15FN4. The lowest BCUT2D eigenvalue weighted by molar-refractivity contribution is 0.575. The minimum atomic E-state index is -0.408. The van der Waals surface area contributed by atoms with E-state index in [9.17, 15) is 4.39 Å². The molecule has 5 heteroatoms. The summed E-state index contributed by atoms with van der Waals surface area (Å²) in [5.41, 5.74) is 0.326. The predicted octanol–water partition coefficient (Wildman–Crippen LogP) is 2.05. The van der Waals surface area contributed by atoms with Crippen molar-refractivity contribution in [2.45, 2.75) is 33.2 Å². The molecule has 4 nitrogen and oxygen atoms in total. The van der Waals surface area contributed by atoms with Gasteiger partial charge in [0.15, 0.2) is 11.6 Å². The standard InChI is InChI=1S/C11H15FN4/c1-8(2)16(6-4-5-13)11-10(12)9(3)14-7-15-11/h7-8H,4,6H2,1-3H3. The van der Waals surface area contributed by atoms with Gasteiger partial charge in [-0.2, -0.15) is 5.26 Å². The van der Waals surface area contributed by atoms with Crippen LogP contribution in [-0.2, 0) is 0 Å². The Morgan fingerprint density at radius 2 is 2.19 bits per heavy atom. The molecule has 0 bridgehead atoms. The first-order valence-corrected chi connectivity index (χ1v) is 5.18. The Hall–Kier alpha value is -1.70. The van der Waals surface area contributed by atoms with Gasteiger partial charge < -0.3 is 4.90 Å². The lowest BCUT2D eigenvalue weighted by atomic mass is 10.2. The van der Waals surface area contributed by atoms with E-state index < -0.39 is 5.82 Å². The van der Waals surface area contributed by atoms with Crippen LogP contribution in [0.15, 0.2) is 6.33 Å². The highest BCUT2D eigenvalue weighted by molar-refractivity contribution is 5.41. The molecule has 0 amide bonds. The zero-order chi connectivity index (χ0) is 12.1. The molecule has 0 aliphatic heterocycles. The SMILES string of the molecule is Cc1ncnc(N(CCC#N)C(C)C)c1F. The molecule has 0 saturated carbocycles. The zero-order valence-electron chi connectivity index (χ0n) is 9.74. The monoisotopic (exact) mass is 222 g/mol. The molecule has 1 rings (SSSR count). The fourth-order valence-electron chi connectivity index (χ4n) is 1.42. The van der Waals surface area contributed by atoms with Gasteiger partial charge >= 0.3 is 0 Å². The molecule has 86 valence electrons. The summed E-state index contributed by atoms with van der Waals surface area (Å²) < 4.78 is 13.8. The average molecular weight is 222 g/mol. The molecule has 1 aromatic heterocycles. The molecule has 0 saturated heterocycles. The Morgan fingerprint density at radius 1 is 1.50 bits per heavy atom. The summed E-state index contributed by atoms with van der Waals surface area (Å²) in [6.07, 6.45) is 1.69. The zero-order valence-corrected chi connectivity index (χ0v) is 9.74. The van der Waals surface area contributed by atoms with Gasteiger partial charge in [0.2, 0.25) is 0 Å². The molecule has 0 radical (unpaired) electrons. The highest BCUT2D eigenvalue weighted by Gasteiger charge is 2.17. The van der Waals surface area contributed by atoms with Crippen LogP contribution in [0.2, 0.25) is 0 Å². The Kier molecular flexibility index (Phi) is 4.18. The molecule has 0 fully saturated rings. The van der Waals surface area contributed by atoms with Crippen molar-refractivity contribution in [1.82, 2.24) is 9.97 Å². The average Bonchev–Trinajstić information content (AvgIpc) is 2.24. The van der Waals surface area contributed by atoms with E-state index in [4.69, 9.17) is 5.26 Å². The quantitative estimate of drug-likeness (QED) is 0.782. The lowest BCUT2D eigenvalue weighted by Crippen LogP contribution is -2.33. The third-order valence-electron chi connectivity index (χ3n) is 2.31. The summed E-state index contributed by atoms with van der Waals surface area (Å²) in [4.78, 5) is 9.50. The van der Waals surface area contributed by atoms with Crippen LogP contribution in [0.1, 0.15) is 26.0 Å². The lowest BCUT2D eigenvalue weighted by Gasteiger charge is -2.27. The van der Waals surface area contributed by atoms with E-state index in [2.05, 4.69) is 9.97 Å². The van der Waals surface area contributed by atoms with Crippen molar-refractivity contribution in [3.8, 4) is 6.07 Å². The first kappa shape index (κ1) is 12.4. The number of hydrogen-bond acceptors (Lipinski definition) is 4. The third kappa shape index (κ3) is 2.66. The third-order valence-corrected chi connectivity index (χ3v) is 2.31. The molecule has 0 aliphatic carbocycles. The highest BCUT2D eigenvalue weighted by Crippen LogP contribution is 2.19. The molecule has 0 aromatic carbocycles. The van der Waals surface area contributed by atoms with E-state index in [0.29, 0.717) is 18.7 Å². The van der Waals surface area contributed by atoms with Gasteiger partial charge in [-0.3, -0.25) is 0 Å². The molecule has 0 spiro atoms. The normalized spacial score (nSPS) is 10.2. The van der Waals surface area contributed by atoms with Crippen LogP contribution >= 0.6 is 0 Å². The van der Waals surface area contributed by atoms with E-state index in [1.807, 2.05) is 19.9 Å². The maximum absolute atomic E-state index is 13.8. The molecule has 16 heavy (non-hydrogen) atoms. The van der Waals surface area contributed by atoms with Gasteiger partial charge in [0.1, 0.15) is 6.33 Å². The molecule has 0 aliphatic rings. The smallest absolute Gasteiger partial charge is 0.186 e. The summed E-state index contributed by atoms with van der Waals surface area (Å²) in [6, 6.07) is 2.14. The first-order valence-electron chi connectivity index (χ1n) is 5.18. The highest BCUT2D eigenvalue weighted by atomic mass is 19.1. The van der Waals surface area contributed by atoms with Gasteiger partial charge in [0.05, 0.1) is 18.2 Å². The molecule has 0 unspecified atom stereocenters. The number of nitrogens with zero attached hydrogens (tertiary/aromatic N) is 4. The summed E-state index contributed by atoms with van der Waals surface area (Å²) in [5.74, 6) is -0.133. The van der Waals surface area contributed by atoms with E-state index in [1.165, 1.54) is 6.33 Å². The van der Waals surface area contributed by atoms with Crippen LogP contribution in [0.3, 0.4) is 0 Å². The van der Waals surface area contributed by atoms with Crippen LogP contribution < -0.4 is 4.90 Å². The predicted molar refractivity (Wildman–Crippen MR) is 59.4 cm³/mol. The van der Waals surface area contributed by atoms with Crippen LogP contribution in [0, 0.1) is 24.1 Å². The van der Waals surface area contributed by atoms with Gasteiger partial charge in [0, 0.05) is 12.6 Å². The topological polar surface area (TPSA) is 52.8 Å². The van der Waals surface area contributed by atoms with Crippen molar-refractivity contribution in [2.24, 2.45) is 0 Å². The van der Waals surface area contributed by atoms with Crippen molar-refractivity contribution in [2.75, 3.05) is 11.4 Å². The number of aryl methyl sites for hydroxylation is 1. The van der Waals surface area contributed by atoms with Crippen LogP contribution in [0.4, 0.5) is 10.2 Å². The Morgan fingerprint density at radius 3 is 2.75 bits per heavy atom. The number of nitriles is 1. The van der Waals surface area contributed by atoms with Gasteiger partial charge in [-0.05, 0) is 20.8 Å². The molecule has 1 aromatic rings. The molecule has 0 N–H and O–H groups in total. The second kappa shape index (κ2) is 5.40. The summed E-state index contributed by atoms with van der Waals surface area (Å²) >= 11 is 0. The van der Waals surface area contributed by atoms with Crippen LogP contribution in [-0.4, -0.2) is 22.6 Å². The number of anilines is 1. The molecular weight excluding hydrogens is 207 g/mol. The van der Waals surface area contributed by atoms with Gasteiger partial charge in [0.25, 0.3) is 0 Å². The van der Waals surface area contributed by atoms with Crippen molar-refractivity contribution in [3.05, 3.63) is 17.8 Å². The van der Waals surface area contributed by atoms with Crippen LogP contribution in [0.25, 0.3) is 0 Å². The second-order valence-electron chi connectivity index (χ2n) is 3.79. The number of hydrogen-bond donors (Lipinski definition) is 0. The van der Waals surface area contributed by atoms with E-state index in [-0.39, 0.29) is 11.9 Å². The van der Waals surface area contributed by atoms with E-state index >= 15 is 0 Å². The van der Waals surface area contributed by atoms with Gasteiger partial charge in [-0.15, -0.1) is 0 Å². The number of aromatic nitrogens is 2. The van der Waals surface area contributed by atoms with Gasteiger partial charge in [-0.1, -0.05) is 0 Å². The first-order chi connectivity index (χ1) is 7.57. The maximum Gasteiger partial charge on any atom is 0.186 e. The molecule has 0 atom stereocenters. The van der Waals surface area contributed by atoms with Crippen molar-refractivity contribution in [3.63, 3.8) is 0 Å². The van der Waals surface area contributed by atoms with Crippen molar-refractivity contribution in [1.29, 1.82) is 5.26 Å². The second-order valence-corrected chi connectivity index (χ2v) is 3.79. The van der Waals surface area contributed by atoms with Crippen molar-refractivity contribution < 1.29 is 4.39 Å². The summed E-state index contributed by atoms with van der Waals surface area (Å²) in [7, 11) is 0. The number of rotatable bonds is 4. The minimum absolute atomic E-state index is 0.0946. The fraction of sp³-hybridized carbons (Fsp3) is 0.545. The largest absolute Gasteiger partial charge is 0.351 e. The number of halogens is 1. The Bertz CT molecular complexity index is 397. The Balaban J connectivity index is 3.02. The minimum Gasteiger partial charge on any atom is -0.351 e. The van der Waals surface area contributed by atoms with Crippen molar-refractivity contribution >= 4 is 5.82 Å². The van der Waals surface area contributed by atoms with Gasteiger partial charge in [-0.25, -0.2) is 14.4 Å². The van der Waals surface area contributed by atoms with Crippen LogP contribution in [0.5, 0.6) is 0 Å². The summed E-state index contributed by atoms with van der Waals surface area (Å²) in [6.45, 7) is 5.95. The Labute approximate surface area is 94.7 Å². The fourth-order valence-corrected chi connectivity index (χ4v) is 1.42. The van der Waals surface area contributed by atoms with E-state index in [0.717, 1.165) is 0 Å². The summed E-state index contributed by atoms with van der Waals surface area (Å²) in [5, 5.41) is 8.56. The maximum atomic E-state index is 13.8. The van der Waals surface area contributed by atoms with E-state index in [1.54, 1.807) is 11.8 Å².